The lowest BCUT2D eigenvalue weighted by molar-refractivity contribution is -0.384. The Labute approximate surface area is 196 Å². The highest BCUT2D eigenvalue weighted by molar-refractivity contribution is 6.35. The summed E-state index contributed by atoms with van der Waals surface area (Å²) in [6.07, 6.45) is 0.550. The van der Waals surface area contributed by atoms with E-state index in [0.717, 1.165) is 11.8 Å². The van der Waals surface area contributed by atoms with Crippen molar-refractivity contribution in [3.8, 4) is 0 Å². The summed E-state index contributed by atoms with van der Waals surface area (Å²) in [7, 11) is 0. The monoisotopic (exact) mass is 478 g/mol. The van der Waals surface area contributed by atoms with E-state index >= 15 is 0 Å². The maximum absolute atomic E-state index is 12.5. The van der Waals surface area contributed by atoms with Crippen LogP contribution < -0.4 is 10.2 Å². The van der Waals surface area contributed by atoms with E-state index in [1.54, 1.807) is 12.1 Å². The summed E-state index contributed by atoms with van der Waals surface area (Å²) in [6.45, 7) is 6.69. The number of benzene rings is 2. The Balaban J connectivity index is 1.64. The molecule has 0 aliphatic carbocycles. The summed E-state index contributed by atoms with van der Waals surface area (Å²) in [5.41, 5.74) is 1.24. The van der Waals surface area contributed by atoms with Crippen molar-refractivity contribution in [2.75, 3.05) is 36.4 Å². The molecule has 0 saturated carbocycles. The number of piperazine rings is 1. The van der Waals surface area contributed by atoms with E-state index in [2.05, 4.69) is 10.2 Å². The normalized spacial score (nSPS) is 13.9. The van der Waals surface area contributed by atoms with Crippen LogP contribution in [0.4, 0.5) is 17.1 Å². The molecule has 1 heterocycles. The first-order valence-electron chi connectivity index (χ1n) is 10.2. The van der Waals surface area contributed by atoms with Crippen LogP contribution in [0.3, 0.4) is 0 Å². The van der Waals surface area contributed by atoms with Gasteiger partial charge in [0.1, 0.15) is 0 Å². The second-order valence-corrected chi connectivity index (χ2v) is 8.82. The third kappa shape index (κ3) is 5.69. The van der Waals surface area contributed by atoms with Crippen LogP contribution in [0, 0.1) is 16.0 Å². The van der Waals surface area contributed by atoms with Gasteiger partial charge >= 0.3 is 0 Å². The minimum atomic E-state index is -0.577. The molecule has 2 aromatic rings. The number of nitro groups is 1. The molecule has 170 valence electrons. The van der Waals surface area contributed by atoms with Crippen molar-refractivity contribution in [2.24, 2.45) is 5.92 Å². The van der Waals surface area contributed by atoms with Crippen LogP contribution >= 0.6 is 23.2 Å². The lowest BCUT2D eigenvalue weighted by atomic mass is 10.1. The molecule has 0 spiro atoms. The Morgan fingerprint density at radius 3 is 2.31 bits per heavy atom. The molecule has 1 aliphatic rings. The number of carbonyl (C=O) groups is 2. The smallest absolute Gasteiger partial charge is 0.270 e. The van der Waals surface area contributed by atoms with Crippen LogP contribution in [0.15, 0.2) is 36.4 Å². The van der Waals surface area contributed by atoms with E-state index < -0.39 is 10.8 Å². The largest absolute Gasteiger partial charge is 0.367 e. The summed E-state index contributed by atoms with van der Waals surface area (Å²) >= 11 is 12.5. The van der Waals surface area contributed by atoms with Crippen molar-refractivity contribution in [2.45, 2.75) is 20.3 Å². The summed E-state index contributed by atoms with van der Waals surface area (Å²) < 4.78 is 0. The molecule has 10 heteroatoms. The van der Waals surface area contributed by atoms with E-state index in [1.165, 1.54) is 12.1 Å². The van der Waals surface area contributed by atoms with Crippen molar-refractivity contribution >= 4 is 52.1 Å². The molecule has 0 unspecified atom stereocenters. The molecule has 1 saturated heterocycles. The molecule has 0 aromatic heterocycles. The van der Waals surface area contributed by atoms with Gasteiger partial charge < -0.3 is 15.1 Å². The summed E-state index contributed by atoms with van der Waals surface area (Å²) in [5.74, 6) is 0.0123. The van der Waals surface area contributed by atoms with Crippen LogP contribution in [-0.2, 0) is 4.79 Å². The van der Waals surface area contributed by atoms with Crippen LogP contribution in [-0.4, -0.2) is 47.8 Å². The second-order valence-electron chi connectivity index (χ2n) is 8.01. The molecule has 1 N–H and O–H groups in total. The number of non-ortho nitro benzene ring substituents is 1. The molecule has 1 aliphatic heterocycles. The molecule has 2 amide bonds. The molecule has 0 atom stereocenters. The van der Waals surface area contributed by atoms with Gasteiger partial charge in [-0.1, -0.05) is 37.0 Å². The number of hydrogen-bond acceptors (Lipinski definition) is 5. The molecule has 32 heavy (non-hydrogen) atoms. The summed E-state index contributed by atoms with van der Waals surface area (Å²) in [4.78, 5) is 39.0. The SMILES string of the molecule is CC(C)CC(=O)N1CCN(c2ccc(NC(=O)c3ccc([N+](=O)[O-])cc3Cl)cc2Cl)CC1. The third-order valence-electron chi connectivity index (χ3n) is 5.17. The van der Waals surface area contributed by atoms with Crippen LogP contribution in [0.5, 0.6) is 0 Å². The highest BCUT2D eigenvalue weighted by Crippen LogP contribution is 2.30. The number of nitro benzene ring substituents is 1. The van der Waals surface area contributed by atoms with E-state index in [-0.39, 0.29) is 22.2 Å². The average Bonchev–Trinajstić information content (AvgIpc) is 2.73. The Kier molecular flexibility index (Phi) is 7.58. The minimum absolute atomic E-state index is 0.00991. The Morgan fingerprint density at radius 2 is 1.75 bits per heavy atom. The summed E-state index contributed by atoms with van der Waals surface area (Å²) in [6, 6.07) is 8.87. The fraction of sp³-hybridized carbons (Fsp3) is 0.364. The van der Waals surface area contributed by atoms with Gasteiger partial charge in [-0.25, -0.2) is 0 Å². The number of nitrogens with zero attached hydrogens (tertiary/aromatic N) is 3. The van der Waals surface area contributed by atoms with Crippen molar-refractivity contribution < 1.29 is 14.5 Å². The minimum Gasteiger partial charge on any atom is -0.367 e. The second kappa shape index (κ2) is 10.2. The molecular weight excluding hydrogens is 455 g/mol. The van der Waals surface area contributed by atoms with E-state index in [9.17, 15) is 19.7 Å². The fourth-order valence-electron chi connectivity index (χ4n) is 3.52. The van der Waals surface area contributed by atoms with E-state index in [1.807, 2.05) is 24.8 Å². The van der Waals surface area contributed by atoms with Crippen molar-refractivity contribution in [3.05, 3.63) is 62.1 Å². The maximum atomic E-state index is 12.5. The molecule has 2 aromatic carbocycles. The number of hydrogen-bond donors (Lipinski definition) is 1. The first-order valence-corrected chi connectivity index (χ1v) is 11.0. The van der Waals surface area contributed by atoms with Crippen molar-refractivity contribution in [1.29, 1.82) is 0 Å². The highest BCUT2D eigenvalue weighted by atomic mass is 35.5. The molecule has 3 rings (SSSR count). The van der Waals surface area contributed by atoms with Gasteiger partial charge in [0.2, 0.25) is 5.91 Å². The number of rotatable bonds is 6. The topological polar surface area (TPSA) is 95.8 Å². The number of carbonyl (C=O) groups excluding carboxylic acids is 2. The van der Waals surface area contributed by atoms with Gasteiger partial charge in [-0.15, -0.1) is 0 Å². The van der Waals surface area contributed by atoms with Crippen LogP contribution in [0.2, 0.25) is 10.0 Å². The first kappa shape index (κ1) is 23.8. The van der Waals surface area contributed by atoms with Crippen molar-refractivity contribution in [1.82, 2.24) is 4.90 Å². The Hall–Kier alpha value is -2.84. The first-order chi connectivity index (χ1) is 15.2. The van der Waals surface area contributed by atoms with Gasteiger partial charge in [0.15, 0.2) is 0 Å². The van der Waals surface area contributed by atoms with Gasteiger partial charge in [-0.05, 0) is 30.2 Å². The fourth-order valence-corrected chi connectivity index (χ4v) is 4.08. The lowest BCUT2D eigenvalue weighted by Crippen LogP contribution is -2.49. The molecule has 8 nitrogen and oxygen atoms in total. The predicted octanol–water partition coefficient (Wildman–Crippen LogP) is 4.85. The number of nitrogens with one attached hydrogen (secondary N) is 1. The van der Waals surface area contributed by atoms with Crippen LogP contribution in [0.1, 0.15) is 30.6 Å². The van der Waals surface area contributed by atoms with Gasteiger partial charge in [0.05, 0.1) is 26.2 Å². The maximum Gasteiger partial charge on any atom is 0.270 e. The molecule has 1 fully saturated rings. The average molecular weight is 479 g/mol. The quantitative estimate of drug-likeness (QED) is 0.472. The predicted molar refractivity (Wildman–Crippen MR) is 126 cm³/mol. The Morgan fingerprint density at radius 1 is 1.06 bits per heavy atom. The third-order valence-corrected chi connectivity index (χ3v) is 5.79. The molecular formula is C22H24Cl2N4O4. The summed E-state index contributed by atoms with van der Waals surface area (Å²) in [5, 5.41) is 14.0. The van der Waals surface area contributed by atoms with Gasteiger partial charge in [-0.3, -0.25) is 19.7 Å². The lowest BCUT2D eigenvalue weighted by Gasteiger charge is -2.36. The standard InChI is InChI=1S/C22H24Cl2N4O4/c1-14(2)11-21(29)27-9-7-26(8-10-27)20-6-3-15(12-19(20)24)25-22(30)17-5-4-16(28(31)32)13-18(17)23/h3-6,12-14H,7-11H2,1-2H3,(H,25,30). The molecule has 0 bridgehead atoms. The van der Waals surface area contributed by atoms with Crippen molar-refractivity contribution in [3.63, 3.8) is 0 Å². The zero-order valence-electron chi connectivity index (χ0n) is 17.8. The highest BCUT2D eigenvalue weighted by Gasteiger charge is 2.23. The number of anilines is 2. The van der Waals surface area contributed by atoms with Crippen LogP contribution in [0.25, 0.3) is 0 Å². The van der Waals surface area contributed by atoms with Gasteiger partial charge in [0, 0.05) is 50.4 Å². The van der Waals surface area contributed by atoms with E-state index in [4.69, 9.17) is 23.2 Å². The van der Waals surface area contributed by atoms with Gasteiger partial charge in [-0.2, -0.15) is 0 Å². The molecule has 0 radical (unpaired) electrons. The number of amides is 2. The van der Waals surface area contributed by atoms with Gasteiger partial charge in [0.25, 0.3) is 11.6 Å². The zero-order chi connectivity index (χ0) is 23.4. The number of halogens is 2. The zero-order valence-corrected chi connectivity index (χ0v) is 19.3. The van der Waals surface area contributed by atoms with E-state index in [0.29, 0.717) is 49.2 Å². The Bertz CT molecular complexity index is 1040.